The number of rotatable bonds is 5. The SMILES string of the molecule is Cc1cc2nnc(SCCOc3ccc(F)cc3)n2c2ccccc12. The summed E-state index contributed by atoms with van der Waals surface area (Å²) in [5, 5.41) is 10.6. The Hall–Kier alpha value is -2.60. The number of nitrogens with zero attached hydrogens (tertiary/aromatic N) is 3. The highest BCUT2D eigenvalue weighted by molar-refractivity contribution is 7.99. The Morgan fingerprint density at radius 2 is 1.88 bits per heavy atom. The van der Waals surface area contributed by atoms with Crippen LogP contribution in [0.1, 0.15) is 5.56 Å². The summed E-state index contributed by atoms with van der Waals surface area (Å²) in [6.45, 7) is 2.59. The summed E-state index contributed by atoms with van der Waals surface area (Å²) in [5.41, 5.74) is 3.13. The van der Waals surface area contributed by atoms with Gasteiger partial charge in [-0.05, 0) is 48.9 Å². The van der Waals surface area contributed by atoms with Gasteiger partial charge in [0.05, 0.1) is 12.1 Å². The zero-order valence-electron chi connectivity index (χ0n) is 13.6. The van der Waals surface area contributed by atoms with Gasteiger partial charge >= 0.3 is 0 Å². The Morgan fingerprint density at radius 3 is 2.72 bits per heavy atom. The standard InChI is InChI=1S/C19H16FN3OS/c1-13-12-18-21-22-19(23(18)17-5-3-2-4-16(13)17)25-11-10-24-15-8-6-14(20)7-9-15/h2-9,12H,10-11H2,1H3. The summed E-state index contributed by atoms with van der Waals surface area (Å²) in [6.07, 6.45) is 0. The molecule has 0 bridgehead atoms. The van der Waals surface area contributed by atoms with Crippen molar-refractivity contribution in [3.8, 4) is 5.75 Å². The van der Waals surface area contributed by atoms with E-state index < -0.39 is 0 Å². The first-order chi connectivity index (χ1) is 12.2. The molecule has 0 aliphatic carbocycles. The van der Waals surface area contributed by atoms with Gasteiger partial charge in [-0.25, -0.2) is 4.39 Å². The minimum atomic E-state index is -0.265. The highest BCUT2D eigenvalue weighted by Gasteiger charge is 2.11. The molecule has 4 aromatic rings. The number of aromatic nitrogens is 3. The molecule has 0 saturated heterocycles. The van der Waals surface area contributed by atoms with Gasteiger partial charge in [0.2, 0.25) is 0 Å². The molecular weight excluding hydrogens is 337 g/mol. The van der Waals surface area contributed by atoms with Crippen LogP contribution >= 0.6 is 11.8 Å². The van der Waals surface area contributed by atoms with Gasteiger partial charge in [0.1, 0.15) is 11.6 Å². The molecule has 0 unspecified atom stereocenters. The molecule has 0 aliphatic heterocycles. The van der Waals surface area contributed by atoms with Crippen molar-refractivity contribution in [2.45, 2.75) is 12.1 Å². The van der Waals surface area contributed by atoms with E-state index in [1.165, 1.54) is 23.1 Å². The minimum Gasteiger partial charge on any atom is -0.493 e. The van der Waals surface area contributed by atoms with Crippen LogP contribution in [0.25, 0.3) is 16.6 Å². The van der Waals surface area contributed by atoms with Gasteiger partial charge in [0, 0.05) is 11.1 Å². The molecule has 0 spiro atoms. The van der Waals surface area contributed by atoms with E-state index in [0.29, 0.717) is 12.4 Å². The van der Waals surface area contributed by atoms with E-state index in [-0.39, 0.29) is 5.82 Å². The number of ether oxygens (including phenoxy) is 1. The average molecular weight is 353 g/mol. The Kier molecular flexibility index (Phi) is 4.28. The van der Waals surface area contributed by atoms with Gasteiger partial charge in [-0.2, -0.15) is 0 Å². The molecule has 0 atom stereocenters. The average Bonchev–Trinajstić information content (AvgIpc) is 3.03. The predicted octanol–water partition coefficient (Wildman–Crippen LogP) is 4.50. The summed E-state index contributed by atoms with van der Waals surface area (Å²) in [5.74, 6) is 1.12. The van der Waals surface area contributed by atoms with Crippen LogP contribution in [0.5, 0.6) is 5.75 Å². The maximum Gasteiger partial charge on any atom is 0.196 e. The maximum absolute atomic E-state index is 12.9. The van der Waals surface area contributed by atoms with Crippen LogP contribution in [0.2, 0.25) is 0 Å². The molecular formula is C19H16FN3OS. The summed E-state index contributed by atoms with van der Waals surface area (Å²) in [6, 6.07) is 16.3. The second-order valence-electron chi connectivity index (χ2n) is 5.67. The zero-order chi connectivity index (χ0) is 17.2. The minimum absolute atomic E-state index is 0.265. The third-order valence-electron chi connectivity index (χ3n) is 3.97. The third kappa shape index (κ3) is 3.17. The zero-order valence-corrected chi connectivity index (χ0v) is 14.5. The molecule has 0 amide bonds. The first-order valence-corrected chi connectivity index (χ1v) is 8.95. The molecule has 0 saturated carbocycles. The fraction of sp³-hybridized carbons (Fsp3) is 0.158. The normalized spacial score (nSPS) is 11.3. The Bertz CT molecular complexity index is 1030. The summed E-state index contributed by atoms with van der Waals surface area (Å²) in [4.78, 5) is 0. The van der Waals surface area contributed by atoms with E-state index >= 15 is 0 Å². The molecule has 4 nitrogen and oxygen atoms in total. The van der Waals surface area contributed by atoms with E-state index in [1.54, 1.807) is 23.9 Å². The largest absolute Gasteiger partial charge is 0.493 e. The van der Waals surface area contributed by atoms with Crippen LogP contribution in [-0.4, -0.2) is 27.0 Å². The number of halogens is 1. The molecule has 2 aromatic heterocycles. The van der Waals surface area contributed by atoms with Crippen molar-refractivity contribution in [2.24, 2.45) is 0 Å². The van der Waals surface area contributed by atoms with E-state index in [9.17, 15) is 4.39 Å². The van der Waals surface area contributed by atoms with Crippen LogP contribution in [-0.2, 0) is 0 Å². The number of benzene rings is 2. The second kappa shape index (κ2) is 6.72. The lowest BCUT2D eigenvalue weighted by molar-refractivity contribution is 0.343. The number of para-hydroxylation sites is 1. The summed E-state index contributed by atoms with van der Waals surface area (Å²) < 4.78 is 20.6. The summed E-state index contributed by atoms with van der Waals surface area (Å²) >= 11 is 1.59. The van der Waals surface area contributed by atoms with Crippen molar-refractivity contribution >= 4 is 28.3 Å². The molecule has 25 heavy (non-hydrogen) atoms. The van der Waals surface area contributed by atoms with Crippen molar-refractivity contribution < 1.29 is 9.13 Å². The van der Waals surface area contributed by atoms with Crippen LogP contribution in [0.3, 0.4) is 0 Å². The molecule has 0 radical (unpaired) electrons. The number of pyridine rings is 1. The van der Waals surface area contributed by atoms with E-state index in [2.05, 4.69) is 39.7 Å². The third-order valence-corrected chi connectivity index (χ3v) is 4.86. The smallest absolute Gasteiger partial charge is 0.196 e. The van der Waals surface area contributed by atoms with Crippen molar-refractivity contribution in [2.75, 3.05) is 12.4 Å². The number of hydrogen-bond donors (Lipinski definition) is 0. The van der Waals surface area contributed by atoms with E-state index in [4.69, 9.17) is 4.74 Å². The molecule has 6 heteroatoms. The lowest BCUT2D eigenvalue weighted by atomic mass is 10.1. The van der Waals surface area contributed by atoms with Crippen LogP contribution in [0.4, 0.5) is 4.39 Å². The number of hydrogen-bond acceptors (Lipinski definition) is 4. The quantitative estimate of drug-likeness (QED) is 0.391. The fourth-order valence-corrected chi connectivity index (χ4v) is 3.56. The van der Waals surface area contributed by atoms with Gasteiger partial charge in [-0.15, -0.1) is 10.2 Å². The lowest BCUT2D eigenvalue weighted by Crippen LogP contribution is -2.01. The molecule has 0 aliphatic rings. The lowest BCUT2D eigenvalue weighted by Gasteiger charge is -2.08. The molecule has 0 fully saturated rings. The Morgan fingerprint density at radius 1 is 1.08 bits per heavy atom. The van der Waals surface area contributed by atoms with Crippen molar-refractivity contribution in [3.63, 3.8) is 0 Å². The van der Waals surface area contributed by atoms with Crippen LogP contribution in [0.15, 0.2) is 59.8 Å². The monoisotopic (exact) mass is 353 g/mol. The number of fused-ring (bicyclic) bond motifs is 3. The van der Waals surface area contributed by atoms with Crippen molar-refractivity contribution in [1.29, 1.82) is 0 Å². The summed E-state index contributed by atoms with van der Waals surface area (Å²) in [7, 11) is 0. The molecule has 0 N–H and O–H groups in total. The number of thioether (sulfide) groups is 1. The van der Waals surface area contributed by atoms with Crippen LogP contribution < -0.4 is 4.74 Å². The van der Waals surface area contributed by atoms with Crippen molar-refractivity contribution in [3.05, 3.63) is 66.0 Å². The maximum atomic E-state index is 12.9. The van der Waals surface area contributed by atoms with Gasteiger partial charge < -0.3 is 4.74 Å². The first-order valence-electron chi connectivity index (χ1n) is 7.97. The van der Waals surface area contributed by atoms with Gasteiger partial charge in [-0.3, -0.25) is 4.40 Å². The molecule has 126 valence electrons. The van der Waals surface area contributed by atoms with Crippen LogP contribution in [0, 0.1) is 12.7 Å². The number of aryl methyl sites for hydroxylation is 1. The fourth-order valence-electron chi connectivity index (χ4n) is 2.79. The molecule has 2 heterocycles. The highest BCUT2D eigenvalue weighted by Crippen LogP contribution is 2.25. The second-order valence-corrected chi connectivity index (χ2v) is 6.73. The predicted molar refractivity (Wildman–Crippen MR) is 97.8 cm³/mol. The topological polar surface area (TPSA) is 39.4 Å². The Balaban J connectivity index is 1.52. The van der Waals surface area contributed by atoms with E-state index in [0.717, 1.165) is 22.1 Å². The first kappa shape index (κ1) is 15.9. The molecule has 2 aromatic carbocycles. The highest BCUT2D eigenvalue weighted by atomic mass is 32.2. The van der Waals surface area contributed by atoms with Gasteiger partial charge in [0.25, 0.3) is 0 Å². The molecule has 4 rings (SSSR count). The van der Waals surface area contributed by atoms with Gasteiger partial charge in [0.15, 0.2) is 10.8 Å². The van der Waals surface area contributed by atoms with E-state index in [1.807, 2.05) is 12.1 Å². The van der Waals surface area contributed by atoms with Gasteiger partial charge in [-0.1, -0.05) is 30.0 Å². The Labute approximate surface area is 148 Å². The van der Waals surface area contributed by atoms with Crippen molar-refractivity contribution in [1.82, 2.24) is 14.6 Å².